The van der Waals surface area contributed by atoms with Gasteiger partial charge in [-0.2, -0.15) is 0 Å². The van der Waals surface area contributed by atoms with Crippen molar-refractivity contribution < 1.29 is 4.74 Å². The largest absolute Gasteiger partial charge is 0.379 e. The predicted octanol–water partition coefficient (Wildman–Crippen LogP) is 3.42. The van der Waals surface area contributed by atoms with Crippen LogP contribution in [0.4, 0.5) is 0 Å². The summed E-state index contributed by atoms with van der Waals surface area (Å²) in [5.74, 6) is 0. The molecule has 0 bridgehead atoms. The third-order valence-electron chi connectivity index (χ3n) is 4.84. The molecule has 0 spiro atoms. The SMILES string of the molecule is COC(C)(C)CCc1ccc(C2(CN)CCC2)cc1. The van der Waals surface area contributed by atoms with Gasteiger partial charge in [-0.05, 0) is 50.7 Å². The van der Waals surface area contributed by atoms with Gasteiger partial charge < -0.3 is 10.5 Å². The second kappa shape index (κ2) is 5.64. The first-order chi connectivity index (χ1) is 9.01. The number of ether oxygens (including phenoxy) is 1. The molecule has 1 saturated carbocycles. The van der Waals surface area contributed by atoms with Gasteiger partial charge in [0.05, 0.1) is 5.60 Å². The van der Waals surface area contributed by atoms with E-state index in [1.165, 1.54) is 30.4 Å². The van der Waals surface area contributed by atoms with Crippen LogP contribution in [0, 0.1) is 0 Å². The fourth-order valence-corrected chi connectivity index (χ4v) is 2.79. The zero-order chi connectivity index (χ0) is 13.9. The van der Waals surface area contributed by atoms with Crippen molar-refractivity contribution in [3.05, 3.63) is 35.4 Å². The molecule has 2 nitrogen and oxygen atoms in total. The van der Waals surface area contributed by atoms with Crippen LogP contribution >= 0.6 is 0 Å². The maximum Gasteiger partial charge on any atom is 0.0625 e. The number of aryl methyl sites for hydroxylation is 1. The van der Waals surface area contributed by atoms with E-state index in [1.807, 2.05) is 0 Å². The highest BCUT2D eigenvalue weighted by atomic mass is 16.5. The molecule has 0 unspecified atom stereocenters. The van der Waals surface area contributed by atoms with Gasteiger partial charge in [0, 0.05) is 19.1 Å². The normalized spacial score (nSPS) is 18.1. The Labute approximate surface area is 117 Å². The Balaban J connectivity index is 1.99. The molecule has 1 aliphatic carbocycles. The van der Waals surface area contributed by atoms with Crippen molar-refractivity contribution in [2.45, 2.75) is 57.0 Å². The summed E-state index contributed by atoms with van der Waals surface area (Å²) in [5, 5.41) is 0. The average molecular weight is 261 g/mol. The average Bonchev–Trinajstić information content (AvgIpc) is 2.37. The highest BCUT2D eigenvalue weighted by Gasteiger charge is 2.36. The van der Waals surface area contributed by atoms with Crippen molar-refractivity contribution in [2.24, 2.45) is 5.73 Å². The van der Waals surface area contributed by atoms with E-state index >= 15 is 0 Å². The molecule has 2 rings (SSSR count). The molecule has 0 atom stereocenters. The number of benzene rings is 1. The van der Waals surface area contributed by atoms with Gasteiger partial charge in [0.1, 0.15) is 0 Å². The molecule has 0 heterocycles. The molecule has 0 radical (unpaired) electrons. The molecule has 1 aromatic rings. The van der Waals surface area contributed by atoms with E-state index in [2.05, 4.69) is 38.1 Å². The standard InChI is InChI=1S/C17H27NO/c1-16(2,19-3)12-9-14-5-7-15(8-6-14)17(13-18)10-4-11-17/h5-8H,4,9-13,18H2,1-3H3. The van der Waals surface area contributed by atoms with Gasteiger partial charge in [0.25, 0.3) is 0 Å². The number of hydrogen-bond donors (Lipinski definition) is 1. The smallest absolute Gasteiger partial charge is 0.0625 e. The lowest BCUT2D eigenvalue weighted by atomic mass is 9.64. The van der Waals surface area contributed by atoms with Gasteiger partial charge in [-0.25, -0.2) is 0 Å². The molecule has 106 valence electrons. The van der Waals surface area contributed by atoms with E-state index < -0.39 is 0 Å². The second-order valence-corrected chi connectivity index (χ2v) is 6.50. The van der Waals surface area contributed by atoms with Crippen molar-refractivity contribution in [1.82, 2.24) is 0 Å². The lowest BCUT2D eigenvalue weighted by Gasteiger charge is -2.41. The summed E-state index contributed by atoms with van der Waals surface area (Å²) in [6, 6.07) is 9.08. The maximum atomic E-state index is 5.96. The first kappa shape index (κ1) is 14.5. The van der Waals surface area contributed by atoms with Crippen LogP contribution in [0.5, 0.6) is 0 Å². The molecule has 0 amide bonds. The Morgan fingerprint density at radius 3 is 2.26 bits per heavy atom. The molecule has 2 N–H and O–H groups in total. The number of nitrogens with two attached hydrogens (primary N) is 1. The minimum Gasteiger partial charge on any atom is -0.379 e. The van der Waals surface area contributed by atoms with Gasteiger partial charge >= 0.3 is 0 Å². The fourth-order valence-electron chi connectivity index (χ4n) is 2.79. The summed E-state index contributed by atoms with van der Waals surface area (Å²) >= 11 is 0. The van der Waals surface area contributed by atoms with Gasteiger partial charge in [0.15, 0.2) is 0 Å². The van der Waals surface area contributed by atoms with Crippen LogP contribution in [0.3, 0.4) is 0 Å². The van der Waals surface area contributed by atoms with Crippen LogP contribution in [-0.2, 0) is 16.6 Å². The molecule has 2 heteroatoms. The van der Waals surface area contributed by atoms with Crippen LogP contribution in [-0.4, -0.2) is 19.3 Å². The lowest BCUT2D eigenvalue weighted by molar-refractivity contribution is 0.0158. The Kier molecular flexibility index (Phi) is 4.32. The van der Waals surface area contributed by atoms with E-state index in [9.17, 15) is 0 Å². The first-order valence-electron chi connectivity index (χ1n) is 7.36. The van der Waals surface area contributed by atoms with Gasteiger partial charge in [0.2, 0.25) is 0 Å². The van der Waals surface area contributed by atoms with Crippen LogP contribution in [0.25, 0.3) is 0 Å². The molecular weight excluding hydrogens is 234 g/mol. The van der Waals surface area contributed by atoms with E-state index in [0.717, 1.165) is 19.4 Å². The van der Waals surface area contributed by atoms with Crippen molar-refractivity contribution in [3.8, 4) is 0 Å². The first-order valence-corrected chi connectivity index (χ1v) is 7.36. The summed E-state index contributed by atoms with van der Waals surface area (Å²) < 4.78 is 5.46. The second-order valence-electron chi connectivity index (χ2n) is 6.50. The van der Waals surface area contributed by atoms with Crippen LogP contribution < -0.4 is 5.73 Å². The maximum absolute atomic E-state index is 5.96. The molecule has 1 aromatic carbocycles. The van der Waals surface area contributed by atoms with E-state index in [0.29, 0.717) is 0 Å². The molecule has 1 fully saturated rings. The number of hydrogen-bond acceptors (Lipinski definition) is 2. The molecule has 1 aliphatic rings. The molecule has 0 aliphatic heterocycles. The van der Waals surface area contributed by atoms with E-state index in [-0.39, 0.29) is 11.0 Å². The van der Waals surface area contributed by atoms with E-state index in [4.69, 9.17) is 10.5 Å². The summed E-state index contributed by atoms with van der Waals surface area (Å²) in [5.41, 5.74) is 9.02. The summed E-state index contributed by atoms with van der Waals surface area (Å²) in [4.78, 5) is 0. The fraction of sp³-hybridized carbons (Fsp3) is 0.647. The third-order valence-corrected chi connectivity index (χ3v) is 4.84. The minimum atomic E-state index is -0.0366. The lowest BCUT2D eigenvalue weighted by Crippen LogP contribution is -2.41. The van der Waals surface area contributed by atoms with Crippen molar-refractivity contribution in [1.29, 1.82) is 0 Å². The minimum absolute atomic E-state index is 0.0366. The molecule has 19 heavy (non-hydrogen) atoms. The van der Waals surface area contributed by atoms with E-state index in [1.54, 1.807) is 7.11 Å². The molecular formula is C17H27NO. The highest BCUT2D eigenvalue weighted by molar-refractivity contribution is 5.31. The summed E-state index contributed by atoms with van der Waals surface area (Å²) in [6.07, 6.45) is 5.93. The zero-order valence-corrected chi connectivity index (χ0v) is 12.5. The van der Waals surface area contributed by atoms with Crippen molar-refractivity contribution >= 4 is 0 Å². The number of rotatable bonds is 6. The van der Waals surface area contributed by atoms with Gasteiger partial charge in [-0.1, -0.05) is 30.7 Å². The molecule has 0 aromatic heterocycles. The Morgan fingerprint density at radius 2 is 1.84 bits per heavy atom. The highest BCUT2D eigenvalue weighted by Crippen LogP contribution is 2.42. The summed E-state index contributed by atoms with van der Waals surface area (Å²) in [6.45, 7) is 5.06. The predicted molar refractivity (Wildman–Crippen MR) is 80.4 cm³/mol. The van der Waals surface area contributed by atoms with Crippen LogP contribution in [0.2, 0.25) is 0 Å². The Morgan fingerprint density at radius 1 is 1.21 bits per heavy atom. The van der Waals surface area contributed by atoms with Crippen LogP contribution in [0.15, 0.2) is 24.3 Å². The Hall–Kier alpha value is -0.860. The van der Waals surface area contributed by atoms with Crippen molar-refractivity contribution in [2.75, 3.05) is 13.7 Å². The monoisotopic (exact) mass is 261 g/mol. The topological polar surface area (TPSA) is 35.2 Å². The van der Waals surface area contributed by atoms with Crippen molar-refractivity contribution in [3.63, 3.8) is 0 Å². The quantitative estimate of drug-likeness (QED) is 0.851. The zero-order valence-electron chi connectivity index (χ0n) is 12.5. The molecule has 0 saturated heterocycles. The van der Waals surface area contributed by atoms with Gasteiger partial charge in [-0.3, -0.25) is 0 Å². The Bertz CT molecular complexity index is 398. The number of methoxy groups -OCH3 is 1. The van der Waals surface area contributed by atoms with Crippen LogP contribution in [0.1, 0.15) is 50.7 Å². The summed E-state index contributed by atoms with van der Waals surface area (Å²) in [7, 11) is 1.78. The third kappa shape index (κ3) is 3.18. The van der Waals surface area contributed by atoms with Gasteiger partial charge in [-0.15, -0.1) is 0 Å².